The van der Waals surface area contributed by atoms with Crippen LogP contribution >= 0.6 is 0 Å². The van der Waals surface area contributed by atoms with Crippen molar-refractivity contribution in [3.8, 4) is 0 Å². The van der Waals surface area contributed by atoms with Gasteiger partial charge < -0.3 is 5.73 Å². The number of hydrogen-bond donors (Lipinski definition) is 1. The Kier molecular flexibility index (Phi) is 3.04. The highest BCUT2D eigenvalue weighted by Gasteiger charge is 2.24. The molecule has 2 N–H and O–H groups in total. The molecule has 2 aliphatic rings. The molecule has 18 heavy (non-hydrogen) atoms. The molecule has 0 amide bonds. The Morgan fingerprint density at radius 1 is 1.11 bits per heavy atom. The Balaban J connectivity index is 1.72. The Labute approximate surface area is 108 Å². The molecule has 1 aromatic carbocycles. The second-order valence-corrected chi connectivity index (χ2v) is 5.51. The van der Waals surface area contributed by atoms with E-state index in [4.69, 9.17) is 5.73 Å². The van der Waals surface area contributed by atoms with Crippen molar-refractivity contribution in [3.05, 3.63) is 47.5 Å². The highest BCUT2D eigenvalue weighted by atomic mass is 16.1. The van der Waals surface area contributed by atoms with Gasteiger partial charge in [0.15, 0.2) is 5.78 Å². The Bertz CT molecular complexity index is 470. The molecule has 0 aromatic heterocycles. The monoisotopic (exact) mass is 241 g/mol. The molecular formula is C16H19NO. The van der Waals surface area contributed by atoms with Crippen LogP contribution in [-0.2, 0) is 0 Å². The minimum absolute atomic E-state index is 0.0189. The summed E-state index contributed by atoms with van der Waals surface area (Å²) in [5, 5.41) is 0. The average molecular weight is 241 g/mol. The van der Waals surface area contributed by atoms with Gasteiger partial charge in [-0.05, 0) is 30.7 Å². The zero-order chi connectivity index (χ0) is 12.5. The highest BCUT2D eigenvalue weighted by Crippen LogP contribution is 2.36. The van der Waals surface area contributed by atoms with E-state index in [0.717, 1.165) is 17.9 Å². The first kappa shape index (κ1) is 11.7. The quantitative estimate of drug-likeness (QED) is 0.653. The highest BCUT2D eigenvalue weighted by molar-refractivity contribution is 5.99. The molecule has 0 aliphatic heterocycles. The summed E-state index contributed by atoms with van der Waals surface area (Å²) < 4.78 is 0. The van der Waals surface area contributed by atoms with Gasteiger partial charge in [-0.3, -0.25) is 4.79 Å². The van der Waals surface area contributed by atoms with E-state index in [9.17, 15) is 4.79 Å². The molecular weight excluding hydrogens is 222 g/mol. The first-order chi connectivity index (χ1) is 8.74. The molecule has 0 bridgehead atoms. The van der Waals surface area contributed by atoms with E-state index in [2.05, 4.69) is 12.1 Å². The summed E-state index contributed by atoms with van der Waals surface area (Å²) in [5.41, 5.74) is 8.00. The van der Waals surface area contributed by atoms with Gasteiger partial charge in [-0.15, -0.1) is 0 Å². The average Bonchev–Trinajstić information content (AvgIpc) is 2.74. The summed E-state index contributed by atoms with van der Waals surface area (Å²) in [6.45, 7) is 0. The van der Waals surface area contributed by atoms with Crippen LogP contribution < -0.4 is 5.73 Å². The standard InChI is InChI=1S/C16H19NO/c17-15-9-8-14(10-15)16(18)13-6-4-12(5-7-13)11-2-1-3-11/h4-9,11,14-15H,1-3,10,17H2. The minimum atomic E-state index is -0.0189. The third-order valence-corrected chi connectivity index (χ3v) is 4.23. The number of hydrogen-bond acceptors (Lipinski definition) is 2. The topological polar surface area (TPSA) is 43.1 Å². The molecule has 1 aromatic rings. The van der Waals surface area contributed by atoms with Crippen LogP contribution in [0, 0.1) is 5.92 Å². The predicted octanol–water partition coefficient (Wildman–Crippen LogP) is 3.04. The molecule has 2 heteroatoms. The van der Waals surface area contributed by atoms with E-state index in [0.29, 0.717) is 0 Å². The molecule has 0 spiro atoms. The Hall–Kier alpha value is -1.41. The maximum atomic E-state index is 12.3. The van der Waals surface area contributed by atoms with E-state index in [1.807, 2.05) is 24.3 Å². The number of rotatable bonds is 3. The number of carbonyl (C=O) groups is 1. The van der Waals surface area contributed by atoms with E-state index < -0.39 is 0 Å². The summed E-state index contributed by atoms with van der Waals surface area (Å²) in [5.74, 6) is 0.919. The lowest BCUT2D eigenvalue weighted by Gasteiger charge is -2.25. The zero-order valence-corrected chi connectivity index (χ0v) is 10.5. The van der Waals surface area contributed by atoms with Gasteiger partial charge in [-0.2, -0.15) is 0 Å². The molecule has 2 nitrogen and oxygen atoms in total. The molecule has 2 aliphatic carbocycles. The fourth-order valence-corrected chi connectivity index (χ4v) is 2.80. The van der Waals surface area contributed by atoms with Crippen molar-refractivity contribution in [1.29, 1.82) is 0 Å². The molecule has 1 saturated carbocycles. The first-order valence-corrected chi connectivity index (χ1v) is 6.82. The number of benzene rings is 1. The van der Waals surface area contributed by atoms with Gasteiger partial charge in [0.25, 0.3) is 0 Å². The van der Waals surface area contributed by atoms with Crippen LogP contribution in [0.1, 0.15) is 47.5 Å². The van der Waals surface area contributed by atoms with Gasteiger partial charge in [-0.1, -0.05) is 42.8 Å². The maximum Gasteiger partial charge on any atom is 0.169 e. The maximum absolute atomic E-state index is 12.3. The van der Waals surface area contributed by atoms with Crippen LogP contribution in [0.5, 0.6) is 0 Å². The summed E-state index contributed by atoms with van der Waals surface area (Å²) in [6, 6.07) is 8.25. The summed E-state index contributed by atoms with van der Waals surface area (Å²) in [6.07, 6.45) is 8.58. The third-order valence-electron chi connectivity index (χ3n) is 4.23. The number of nitrogens with two attached hydrogens (primary N) is 1. The van der Waals surface area contributed by atoms with Crippen LogP contribution in [0.2, 0.25) is 0 Å². The number of Topliss-reactive ketones (excluding diaryl/α,β-unsaturated/α-hetero) is 1. The number of ketones is 1. The minimum Gasteiger partial charge on any atom is -0.324 e. The van der Waals surface area contributed by atoms with E-state index in [1.54, 1.807) is 0 Å². The van der Waals surface area contributed by atoms with Crippen molar-refractivity contribution in [1.82, 2.24) is 0 Å². The lowest BCUT2D eigenvalue weighted by Crippen LogP contribution is -2.19. The number of carbonyl (C=O) groups excluding carboxylic acids is 1. The summed E-state index contributed by atoms with van der Waals surface area (Å²) in [4.78, 5) is 12.3. The largest absolute Gasteiger partial charge is 0.324 e. The fraction of sp³-hybridized carbons (Fsp3) is 0.438. The van der Waals surface area contributed by atoms with E-state index in [-0.39, 0.29) is 17.7 Å². The smallest absolute Gasteiger partial charge is 0.169 e. The Morgan fingerprint density at radius 3 is 2.33 bits per heavy atom. The van der Waals surface area contributed by atoms with Gasteiger partial charge in [0.05, 0.1) is 0 Å². The van der Waals surface area contributed by atoms with Crippen molar-refractivity contribution in [2.45, 2.75) is 37.6 Å². The van der Waals surface area contributed by atoms with Crippen molar-refractivity contribution in [2.75, 3.05) is 0 Å². The molecule has 94 valence electrons. The number of allylic oxidation sites excluding steroid dienone is 1. The van der Waals surface area contributed by atoms with Crippen molar-refractivity contribution < 1.29 is 4.79 Å². The van der Waals surface area contributed by atoms with Crippen LogP contribution in [-0.4, -0.2) is 11.8 Å². The zero-order valence-electron chi connectivity index (χ0n) is 10.5. The fourth-order valence-electron chi connectivity index (χ4n) is 2.80. The molecule has 2 unspecified atom stereocenters. The summed E-state index contributed by atoms with van der Waals surface area (Å²) >= 11 is 0. The first-order valence-electron chi connectivity index (χ1n) is 6.82. The molecule has 0 radical (unpaired) electrons. The van der Waals surface area contributed by atoms with Gasteiger partial charge in [0.1, 0.15) is 0 Å². The molecule has 0 saturated heterocycles. The van der Waals surface area contributed by atoms with Crippen molar-refractivity contribution >= 4 is 5.78 Å². The second kappa shape index (κ2) is 4.69. The molecule has 3 rings (SSSR count). The van der Waals surface area contributed by atoms with E-state index >= 15 is 0 Å². The lowest BCUT2D eigenvalue weighted by atomic mass is 9.79. The van der Waals surface area contributed by atoms with Crippen molar-refractivity contribution in [3.63, 3.8) is 0 Å². The van der Waals surface area contributed by atoms with Gasteiger partial charge >= 0.3 is 0 Å². The van der Waals surface area contributed by atoms with Gasteiger partial charge in [0.2, 0.25) is 0 Å². The second-order valence-electron chi connectivity index (χ2n) is 5.51. The molecule has 1 fully saturated rings. The normalized spacial score (nSPS) is 27.2. The van der Waals surface area contributed by atoms with Crippen LogP contribution in [0.3, 0.4) is 0 Å². The van der Waals surface area contributed by atoms with E-state index in [1.165, 1.54) is 24.8 Å². The van der Waals surface area contributed by atoms with Gasteiger partial charge in [-0.25, -0.2) is 0 Å². The van der Waals surface area contributed by atoms with Gasteiger partial charge in [0, 0.05) is 17.5 Å². The van der Waals surface area contributed by atoms with Crippen LogP contribution in [0.15, 0.2) is 36.4 Å². The molecule has 0 heterocycles. The van der Waals surface area contributed by atoms with Crippen LogP contribution in [0.25, 0.3) is 0 Å². The molecule has 2 atom stereocenters. The van der Waals surface area contributed by atoms with Crippen molar-refractivity contribution in [2.24, 2.45) is 11.7 Å². The van der Waals surface area contributed by atoms with Crippen LogP contribution in [0.4, 0.5) is 0 Å². The third kappa shape index (κ3) is 2.13. The predicted molar refractivity (Wildman–Crippen MR) is 72.6 cm³/mol. The lowest BCUT2D eigenvalue weighted by molar-refractivity contribution is 0.0943. The Morgan fingerprint density at radius 2 is 1.83 bits per heavy atom. The SMILES string of the molecule is NC1C=CC(C(=O)c2ccc(C3CCC3)cc2)C1. The summed E-state index contributed by atoms with van der Waals surface area (Å²) in [7, 11) is 0.